The molecule has 5 heteroatoms. The van der Waals surface area contributed by atoms with Crippen LogP contribution in [0.5, 0.6) is 0 Å². The topological polar surface area (TPSA) is 12.9 Å². The monoisotopic (exact) mass is 293 g/mol. The van der Waals surface area contributed by atoms with Gasteiger partial charge in [0.05, 0.1) is 5.69 Å². The highest BCUT2D eigenvalue weighted by atomic mass is 14.7. The normalized spacial score (nSPS) is 11.6. The molecular formula is C18H19B4N. The third-order valence-electron chi connectivity index (χ3n) is 5.16. The minimum absolute atomic E-state index is 0.177. The Hall–Kier alpha value is -1.37. The summed E-state index contributed by atoms with van der Waals surface area (Å²) in [5.74, 6) is 0. The van der Waals surface area contributed by atoms with Crippen LogP contribution < -0.4 is 21.9 Å². The van der Waals surface area contributed by atoms with Crippen molar-refractivity contribution in [3.05, 3.63) is 30.0 Å². The fraction of sp³-hybridized carbons (Fsp3) is 0.389. The second-order valence-corrected chi connectivity index (χ2v) is 6.03. The predicted octanol–water partition coefficient (Wildman–Crippen LogP) is 0.392. The van der Waals surface area contributed by atoms with Crippen molar-refractivity contribution in [3.63, 3.8) is 0 Å². The lowest BCUT2D eigenvalue weighted by molar-refractivity contribution is 0.380. The van der Waals surface area contributed by atoms with Gasteiger partial charge in [-0.05, 0) is 41.9 Å². The average molecular weight is 293 g/mol. The summed E-state index contributed by atoms with van der Waals surface area (Å²) in [5, 5.41) is 0. The molecule has 23 heavy (non-hydrogen) atoms. The third kappa shape index (κ3) is 3.16. The molecule has 1 nitrogen and oxygen atoms in total. The largest absolute Gasteiger partial charge is 0.256 e. The molecule has 1 aromatic heterocycles. The van der Waals surface area contributed by atoms with Crippen LogP contribution in [0.15, 0.2) is 24.4 Å². The Bertz CT molecular complexity index is 683. The molecule has 1 aromatic carbocycles. The molecule has 108 valence electrons. The fourth-order valence-electron chi connectivity index (χ4n) is 3.20. The summed E-state index contributed by atoms with van der Waals surface area (Å²) in [4.78, 5) is 4.60. The quantitative estimate of drug-likeness (QED) is 0.727. The first-order valence-electron chi connectivity index (χ1n) is 8.10. The molecule has 0 aliphatic rings. The Morgan fingerprint density at radius 2 is 1.48 bits per heavy atom. The van der Waals surface area contributed by atoms with Crippen molar-refractivity contribution < 1.29 is 0 Å². The smallest absolute Gasteiger partial charge is 0.113 e. The highest BCUT2D eigenvalue weighted by Gasteiger charge is 2.26. The van der Waals surface area contributed by atoms with E-state index < -0.39 is 0 Å². The first kappa shape index (κ1) is 18.0. The van der Waals surface area contributed by atoms with Crippen LogP contribution in [0.1, 0.15) is 45.6 Å². The van der Waals surface area contributed by atoms with Crippen molar-refractivity contribution in [2.45, 2.75) is 45.4 Å². The third-order valence-corrected chi connectivity index (χ3v) is 5.16. The summed E-state index contributed by atoms with van der Waals surface area (Å²) < 4.78 is 0. The highest BCUT2D eigenvalue weighted by Crippen LogP contribution is 2.34. The van der Waals surface area contributed by atoms with Crippen LogP contribution in [0.25, 0.3) is 11.3 Å². The summed E-state index contributed by atoms with van der Waals surface area (Å²) in [6.07, 6.45) is 5.20. The van der Waals surface area contributed by atoms with Gasteiger partial charge in [0.2, 0.25) is 0 Å². The van der Waals surface area contributed by atoms with Gasteiger partial charge in [-0.15, -0.1) is 16.4 Å². The van der Waals surface area contributed by atoms with Gasteiger partial charge in [0.15, 0.2) is 0 Å². The van der Waals surface area contributed by atoms with Gasteiger partial charge in [-0.2, -0.15) is 0 Å². The lowest BCUT2D eigenvalue weighted by Crippen LogP contribution is -2.48. The minimum Gasteiger partial charge on any atom is -0.256 e. The number of benzene rings is 1. The zero-order chi connectivity index (χ0) is 17.2. The maximum Gasteiger partial charge on any atom is 0.113 e. The summed E-state index contributed by atoms with van der Waals surface area (Å²) >= 11 is 0. The first-order chi connectivity index (χ1) is 10.9. The summed E-state index contributed by atoms with van der Waals surface area (Å²) in [6.45, 7) is 6.67. The van der Waals surface area contributed by atoms with E-state index in [-0.39, 0.29) is 5.41 Å². The summed E-state index contributed by atoms with van der Waals surface area (Å²) in [6, 6.07) is 5.84. The van der Waals surface area contributed by atoms with Crippen molar-refractivity contribution >= 4 is 53.2 Å². The Balaban J connectivity index is 2.49. The van der Waals surface area contributed by atoms with Crippen molar-refractivity contribution in [1.29, 1.82) is 0 Å². The van der Waals surface area contributed by atoms with Gasteiger partial charge in [-0.1, -0.05) is 38.4 Å². The SMILES string of the molecule is [B]c1cc(-c2ccc(C(CC)(CC)CC)cn2)c([B])c([B])c1[B]. The van der Waals surface area contributed by atoms with Crippen molar-refractivity contribution in [3.8, 4) is 11.3 Å². The first-order valence-corrected chi connectivity index (χ1v) is 8.10. The van der Waals surface area contributed by atoms with Crippen LogP contribution in [-0.4, -0.2) is 36.4 Å². The molecule has 2 aromatic rings. The average Bonchev–Trinajstić information content (AvgIpc) is 2.59. The van der Waals surface area contributed by atoms with Gasteiger partial charge < -0.3 is 0 Å². The molecule has 0 fully saturated rings. The van der Waals surface area contributed by atoms with Gasteiger partial charge in [-0.25, -0.2) is 0 Å². The van der Waals surface area contributed by atoms with E-state index in [9.17, 15) is 0 Å². The summed E-state index contributed by atoms with van der Waals surface area (Å²) in [5.41, 5.74) is 4.38. The van der Waals surface area contributed by atoms with Gasteiger partial charge in [0.25, 0.3) is 0 Å². The molecule has 1 heterocycles. The van der Waals surface area contributed by atoms with E-state index in [1.165, 1.54) is 5.56 Å². The number of hydrogen-bond acceptors (Lipinski definition) is 1. The zero-order valence-corrected chi connectivity index (χ0v) is 14.2. The molecule has 0 amide bonds. The molecule has 2 rings (SSSR count). The van der Waals surface area contributed by atoms with Crippen LogP contribution in [0.4, 0.5) is 0 Å². The van der Waals surface area contributed by atoms with E-state index in [4.69, 9.17) is 31.4 Å². The molecular weight excluding hydrogens is 273 g/mol. The predicted molar refractivity (Wildman–Crippen MR) is 104 cm³/mol. The maximum atomic E-state index is 6.09. The van der Waals surface area contributed by atoms with E-state index in [1.54, 1.807) is 6.07 Å². The number of hydrogen-bond donors (Lipinski definition) is 0. The van der Waals surface area contributed by atoms with Crippen molar-refractivity contribution in [1.82, 2.24) is 4.98 Å². The standard InChI is InChI=1S/C18H19B4N/c1-4-18(5-2,6-3)11-7-8-14(23-10-11)12-9-13(19)16(21)17(22)15(12)20/h7-10H,4-6H2,1-3H3. The summed E-state index contributed by atoms with van der Waals surface area (Å²) in [7, 11) is 23.7. The Morgan fingerprint density at radius 3 is 1.96 bits per heavy atom. The lowest BCUT2D eigenvalue weighted by atomic mass is 9.65. The number of rotatable bonds is 5. The molecule has 0 spiro atoms. The molecule has 0 saturated heterocycles. The minimum atomic E-state index is 0.177. The number of pyridine rings is 1. The molecule has 0 aliphatic heterocycles. The molecule has 0 atom stereocenters. The van der Waals surface area contributed by atoms with Crippen LogP contribution in [-0.2, 0) is 5.41 Å². The van der Waals surface area contributed by atoms with Crippen molar-refractivity contribution in [2.24, 2.45) is 0 Å². The van der Waals surface area contributed by atoms with E-state index in [0.29, 0.717) is 21.9 Å². The van der Waals surface area contributed by atoms with Gasteiger partial charge in [0.1, 0.15) is 31.4 Å². The van der Waals surface area contributed by atoms with Gasteiger partial charge in [-0.3, -0.25) is 4.98 Å². The fourth-order valence-corrected chi connectivity index (χ4v) is 3.20. The van der Waals surface area contributed by atoms with E-state index in [2.05, 4.69) is 31.8 Å². The van der Waals surface area contributed by atoms with Crippen LogP contribution in [0, 0.1) is 0 Å². The maximum absolute atomic E-state index is 6.09. The van der Waals surface area contributed by atoms with Crippen LogP contribution in [0.3, 0.4) is 0 Å². The van der Waals surface area contributed by atoms with Gasteiger partial charge >= 0.3 is 0 Å². The van der Waals surface area contributed by atoms with Crippen LogP contribution >= 0.6 is 0 Å². The Kier molecular flexibility index (Phi) is 5.49. The molecule has 0 unspecified atom stereocenters. The Morgan fingerprint density at radius 1 is 0.870 bits per heavy atom. The molecule has 8 radical (unpaired) electrons. The van der Waals surface area contributed by atoms with Crippen LogP contribution in [0.2, 0.25) is 0 Å². The number of nitrogens with zero attached hydrogens (tertiary/aromatic N) is 1. The Labute approximate surface area is 145 Å². The lowest BCUT2D eigenvalue weighted by Gasteiger charge is -2.31. The van der Waals surface area contributed by atoms with E-state index in [0.717, 1.165) is 30.5 Å². The molecule has 0 aliphatic carbocycles. The highest BCUT2D eigenvalue weighted by molar-refractivity contribution is 6.63. The van der Waals surface area contributed by atoms with Crippen molar-refractivity contribution in [2.75, 3.05) is 0 Å². The second-order valence-electron chi connectivity index (χ2n) is 6.03. The second kappa shape index (κ2) is 7.03. The van der Waals surface area contributed by atoms with E-state index in [1.807, 2.05) is 12.3 Å². The van der Waals surface area contributed by atoms with E-state index >= 15 is 0 Å². The number of aromatic nitrogens is 1. The molecule has 0 bridgehead atoms. The molecule has 0 saturated carbocycles. The van der Waals surface area contributed by atoms with Gasteiger partial charge in [0, 0.05) is 6.20 Å². The molecule has 0 N–H and O–H groups in total. The zero-order valence-electron chi connectivity index (χ0n) is 14.2.